The van der Waals surface area contributed by atoms with E-state index in [-0.39, 0.29) is 11.6 Å². The summed E-state index contributed by atoms with van der Waals surface area (Å²) in [6.45, 7) is 0. The van der Waals surface area contributed by atoms with Gasteiger partial charge in [0.2, 0.25) is 0 Å². The van der Waals surface area contributed by atoms with E-state index in [0.717, 1.165) is 24.9 Å². The Morgan fingerprint density at radius 3 is 2.86 bits per heavy atom. The Kier molecular flexibility index (Phi) is 2.42. The van der Waals surface area contributed by atoms with Gasteiger partial charge in [-0.2, -0.15) is 0 Å². The van der Waals surface area contributed by atoms with Gasteiger partial charge < -0.3 is 11.5 Å². The van der Waals surface area contributed by atoms with Crippen LogP contribution in [0, 0.1) is 5.82 Å². The molecule has 0 aliphatic heterocycles. The topological polar surface area (TPSA) is 82.8 Å². The SMILES string of the molecule is Nc1nc2c(cc1F)c(N)nn2-c1cccc2c1CCC2. The van der Waals surface area contributed by atoms with Gasteiger partial charge in [-0.3, -0.25) is 0 Å². The molecule has 0 atom stereocenters. The van der Waals surface area contributed by atoms with E-state index in [9.17, 15) is 4.39 Å². The zero-order chi connectivity index (χ0) is 14.6. The molecule has 0 radical (unpaired) electrons. The monoisotopic (exact) mass is 283 g/mol. The van der Waals surface area contributed by atoms with E-state index in [0.29, 0.717) is 11.0 Å². The van der Waals surface area contributed by atoms with E-state index < -0.39 is 5.82 Å². The highest BCUT2D eigenvalue weighted by atomic mass is 19.1. The van der Waals surface area contributed by atoms with Crippen molar-refractivity contribution in [3.05, 3.63) is 41.2 Å². The molecule has 4 rings (SSSR count). The minimum Gasteiger partial charge on any atom is -0.382 e. The fraction of sp³-hybridized carbons (Fsp3) is 0.200. The molecule has 2 heterocycles. The standard InChI is InChI=1S/C15H14FN5/c16-11-7-10-13(17)20-21(15(10)19-14(11)18)12-6-2-4-8-3-1-5-9(8)12/h2,4,6-7H,1,3,5H2,(H2,17,20)(H2,18,19). The van der Waals surface area contributed by atoms with Crippen molar-refractivity contribution in [2.75, 3.05) is 11.5 Å². The molecule has 1 aliphatic carbocycles. The molecule has 0 unspecified atom stereocenters. The second-order valence-electron chi connectivity index (χ2n) is 5.29. The molecule has 0 bridgehead atoms. The summed E-state index contributed by atoms with van der Waals surface area (Å²) in [6.07, 6.45) is 3.21. The largest absolute Gasteiger partial charge is 0.382 e. The van der Waals surface area contributed by atoms with Crippen LogP contribution in [0.1, 0.15) is 17.5 Å². The number of nitrogens with zero attached hydrogens (tertiary/aromatic N) is 3. The quantitative estimate of drug-likeness (QED) is 0.717. The number of benzene rings is 1. The van der Waals surface area contributed by atoms with Crippen LogP contribution < -0.4 is 11.5 Å². The summed E-state index contributed by atoms with van der Waals surface area (Å²) in [5.74, 6) is -0.463. The van der Waals surface area contributed by atoms with Gasteiger partial charge in [-0.1, -0.05) is 12.1 Å². The smallest absolute Gasteiger partial charge is 0.167 e. The van der Waals surface area contributed by atoms with Gasteiger partial charge in [-0.05, 0) is 42.5 Å². The van der Waals surface area contributed by atoms with Crippen molar-refractivity contribution in [1.82, 2.24) is 14.8 Å². The number of rotatable bonds is 1. The Morgan fingerprint density at radius 1 is 1.14 bits per heavy atom. The Morgan fingerprint density at radius 2 is 2.00 bits per heavy atom. The van der Waals surface area contributed by atoms with Gasteiger partial charge in [0, 0.05) is 0 Å². The van der Waals surface area contributed by atoms with Crippen molar-refractivity contribution >= 4 is 22.7 Å². The predicted molar refractivity (Wildman–Crippen MR) is 79.7 cm³/mol. The molecule has 2 aromatic heterocycles. The van der Waals surface area contributed by atoms with Crippen LogP contribution in [0.5, 0.6) is 0 Å². The van der Waals surface area contributed by atoms with Crippen LogP contribution in [-0.4, -0.2) is 14.8 Å². The van der Waals surface area contributed by atoms with Crippen molar-refractivity contribution in [2.45, 2.75) is 19.3 Å². The highest BCUT2D eigenvalue weighted by Gasteiger charge is 2.20. The lowest BCUT2D eigenvalue weighted by Gasteiger charge is -2.09. The number of hydrogen-bond acceptors (Lipinski definition) is 4. The minimum atomic E-state index is -0.577. The van der Waals surface area contributed by atoms with E-state index >= 15 is 0 Å². The molecule has 0 fully saturated rings. The first kappa shape index (κ1) is 12.1. The molecule has 106 valence electrons. The Labute approximate surface area is 120 Å². The maximum Gasteiger partial charge on any atom is 0.167 e. The van der Waals surface area contributed by atoms with Crippen molar-refractivity contribution in [3.8, 4) is 5.69 Å². The summed E-state index contributed by atoms with van der Waals surface area (Å²) >= 11 is 0. The van der Waals surface area contributed by atoms with Gasteiger partial charge in [0.15, 0.2) is 23.1 Å². The fourth-order valence-electron chi connectivity index (χ4n) is 3.02. The fourth-order valence-corrected chi connectivity index (χ4v) is 3.02. The molecule has 5 nitrogen and oxygen atoms in total. The summed E-state index contributed by atoms with van der Waals surface area (Å²) in [6, 6.07) is 7.40. The molecule has 6 heteroatoms. The second kappa shape index (κ2) is 4.18. The van der Waals surface area contributed by atoms with Gasteiger partial charge in [-0.15, -0.1) is 5.10 Å². The third-order valence-corrected chi connectivity index (χ3v) is 4.02. The van der Waals surface area contributed by atoms with Crippen LogP contribution in [0.2, 0.25) is 0 Å². The molecule has 0 amide bonds. The molecule has 1 aromatic carbocycles. The number of aromatic nitrogens is 3. The highest BCUT2D eigenvalue weighted by molar-refractivity contribution is 5.88. The molecule has 0 saturated heterocycles. The number of hydrogen-bond donors (Lipinski definition) is 2. The van der Waals surface area contributed by atoms with Crippen molar-refractivity contribution in [1.29, 1.82) is 0 Å². The van der Waals surface area contributed by atoms with Gasteiger partial charge >= 0.3 is 0 Å². The molecule has 21 heavy (non-hydrogen) atoms. The number of nitrogens with two attached hydrogens (primary N) is 2. The van der Waals surface area contributed by atoms with Crippen molar-refractivity contribution in [3.63, 3.8) is 0 Å². The second-order valence-corrected chi connectivity index (χ2v) is 5.29. The zero-order valence-electron chi connectivity index (χ0n) is 11.3. The van der Waals surface area contributed by atoms with Crippen molar-refractivity contribution < 1.29 is 4.39 Å². The summed E-state index contributed by atoms with van der Waals surface area (Å²) in [7, 11) is 0. The van der Waals surface area contributed by atoms with Crippen LogP contribution in [0.4, 0.5) is 16.0 Å². The molecular formula is C15H14FN5. The Bertz CT molecular complexity index is 868. The van der Waals surface area contributed by atoms with Gasteiger partial charge in [0.25, 0.3) is 0 Å². The van der Waals surface area contributed by atoms with E-state index in [1.165, 1.54) is 17.2 Å². The van der Waals surface area contributed by atoms with Crippen LogP contribution >= 0.6 is 0 Å². The lowest BCUT2D eigenvalue weighted by atomic mass is 10.1. The molecule has 0 saturated carbocycles. The van der Waals surface area contributed by atoms with E-state index in [4.69, 9.17) is 11.5 Å². The van der Waals surface area contributed by atoms with Crippen LogP contribution in [0.3, 0.4) is 0 Å². The number of aryl methyl sites for hydroxylation is 1. The van der Waals surface area contributed by atoms with Crippen LogP contribution in [-0.2, 0) is 12.8 Å². The third-order valence-electron chi connectivity index (χ3n) is 4.02. The average molecular weight is 283 g/mol. The summed E-state index contributed by atoms with van der Waals surface area (Å²) < 4.78 is 15.3. The summed E-state index contributed by atoms with van der Waals surface area (Å²) in [5.41, 5.74) is 15.5. The van der Waals surface area contributed by atoms with E-state index in [2.05, 4.69) is 16.1 Å². The normalized spacial score (nSPS) is 13.8. The first-order chi connectivity index (χ1) is 10.1. The van der Waals surface area contributed by atoms with Gasteiger partial charge in [-0.25, -0.2) is 14.1 Å². The zero-order valence-corrected chi connectivity index (χ0v) is 11.3. The lowest BCUT2D eigenvalue weighted by molar-refractivity contribution is 0.629. The maximum absolute atomic E-state index is 13.6. The van der Waals surface area contributed by atoms with Crippen molar-refractivity contribution in [2.24, 2.45) is 0 Å². The first-order valence-corrected chi connectivity index (χ1v) is 6.86. The summed E-state index contributed by atoms with van der Waals surface area (Å²) in [5, 5.41) is 4.81. The number of fused-ring (bicyclic) bond motifs is 2. The number of anilines is 2. The average Bonchev–Trinajstić information content (AvgIpc) is 3.05. The molecule has 1 aliphatic rings. The molecular weight excluding hydrogens is 269 g/mol. The number of pyridine rings is 1. The highest BCUT2D eigenvalue weighted by Crippen LogP contribution is 2.31. The third kappa shape index (κ3) is 1.68. The van der Waals surface area contributed by atoms with Crippen LogP contribution in [0.15, 0.2) is 24.3 Å². The lowest BCUT2D eigenvalue weighted by Crippen LogP contribution is -2.04. The minimum absolute atomic E-state index is 0.142. The van der Waals surface area contributed by atoms with E-state index in [1.54, 1.807) is 4.68 Å². The molecule has 0 spiro atoms. The van der Waals surface area contributed by atoms with Gasteiger partial charge in [0.05, 0.1) is 11.1 Å². The van der Waals surface area contributed by atoms with Gasteiger partial charge in [0.1, 0.15) is 0 Å². The summed E-state index contributed by atoms with van der Waals surface area (Å²) in [4.78, 5) is 4.12. The number of nitrogen functional groups attached to an aromatic ring is 2. The van der Waals surface area contributed by atoms with Crippen LogP contribution in [0.25, 0.3) is 16.7 Å². The number of halogens is 1. The first-order valence-electron chi connectivity index (χ1n) is 6.86. The molecule has 4 N–H and O–H groups in total. The predicted octanol–water partition coefficient (Wildman–Crippen LogP) is 2.21. The Balaban J connectivity index is 2.04. The Hall–Kier alpha value is -2.63. The maximum atomic E-state index is 13.6. The van der Waals surface area contributed by atoms with E-state index in [1.807, 2.05) is 12.1 Å². The molecule has 3 aromatic rings.